The summed E-state index contributed by atoms with van der Waals surface area (Å²) in [6.07, 6.45) is 5.72. The highest BCUT2D eigenvalue weighted by atomic mass is 14.9. The summed E-state index contributed by atoms with van der Waals surface area (Å²) in [7, 11) is 0. The summed E-state index contributed by atoms with van der Waals surface area (Å²) in [6.45, 7) is 0.552. The van der Waals surface area contributed by atoms with Gasteiger partial charge in [-0.3, -0.25) is 0 Å². The number of nitrogens with zero attached hydrogens (tertiary/aromatic N) is 2. The molecule has 3 heteroatoms. The zero-order valence-electron chi connectivity index (χ0n) is 10.3. The standard InChI is InChI=1S/C15H17N3/c16-10-11-3-1-6-13(9-11)15-17-8-7-14(18-15)12-4-2-5-12/h1,3,6-9,12H,2,4-5,10,16H2. The van der Waals surface area contributed by atoms with Crippen LogP contribution >= 0.6 is 0 Å². The fourth-order valence-electron chi connectivity index (χ4n) is 2.28. The van der Waals surface area contributed by atoms with Crippen molar-refractivity contribution < 1.29 is 0 Å². The van der Waals surface area contributed by atoms with Gasteiger partial charge in [0.2, 0.25) is 0 Å². The summed E-state index contributed by atoms with van der Waals surface area (Å²) < 4.78 is 0. The van der Waals surface area contributed by atoms with Crippen LogP contribution in [0.2, 0.25) is 0 Å². The van der Waals surface area contributed by atoms with Gasteiger partial charge in [0.05, 0.1) is 0 Å². The first-order chi connectivity index (χ1) is 8.86. The van der Waals surface area contributed by atoms with E-state index in [1.807, 2.05) is 30.5 Å². The van der Waals surface area contributed by atoms with Crippen LogP contribution in [0, 0.1) is 0 Å². The van der Waals surface area contributed by atoms with Crippen molar-refractivity contribution in [3.8, 4) is 11.4 Å². The summed E-state index contributed by atoms with van der Waals surface area (Å²) in [4.78, 5) is 9.06. The molecule has 0 aliphatic heterocycles. The molecule has 1 aliphatic rings. The molecule has 3 nitrogen and oxygen atoms in total. The van der Waals surface area contributed by atoms with Gasteiger partial charge in [-0.05, 0) is 30.5 Å². The predicted octanol–water partition coefficient (Wildman–Crippen LogP) is 2.87. The van der Waals surface area contributed by atoms with Crippen LogP contribution in [-0.2, 0) is 6.54 Å². The molecule has 2 aromatic rings. The van der Waals surface area contributed by atoms with E-state index < -0.39 is 0 Å². The highest BCUT2D eigenvalue weighted by Crippen LogP contribution is 2.35. The minimum absolute atomic E-state index is 0.552. The van der Waals surface area contributed by atoms with E-state index in [0.29, 0.717) is 12.5 Å². The predicted molar refractivity (Wildman–Crippen MR) is 72.0 cm³/mol. The maximum atomic E-state index is 5.66. The summed E-state index contributed by atoms with van der Waals surface area (Å²) in [5.74, 6) is 1.46. The lowest BCUT2D eigenvalue weighted by molar-refractivity contribution is 0.411. The summed E-state index contributed by atoms with van der Waals surface area (Å²) in [5, 5.41) is 0. The van der Waals surface area contributed by atoms with E-state index in [2.05, 4.69) is 16.0 Å². The lowest BCUT2D eigenvalue weighted by Crippen LogP contribution is -2.11. The first kappa shape index (κ1) is 11.4. The Morgan fingerprint density at radius 3 is 2.83 bits per heavy atom. The van der Waals surface area contributed by atoms with E-state index >= 15 is 0 Å². The second-order valence-corrected chi connectivity index (χ2v) is 4.84. The van der Waals surface area contributed by atoms with Gasteiger partial charge in [-0.25, -0.2) is 9.97 Å². The molecular formula is C15H17N3. The van der Waals surface area contributed by atoms with Crippen LogP contribution in [0.15, 0.2) is 36.5 Å². The Balaban J connectivity index is 1.94. The normalized spacial score (nSPS) is 15.4. The molecule has 1 saturated carbocycles. The van der Waals surface area contributed by atoms with Crippen molar-refractivity contribution in [2.75, 3.05) is 0 Å². The molecule has 18 heavy (non-hydrogen) atoms. The van der Waals surface area contributed by atoms with Gasteiger partial charge < -0.3 is 5.73 Å². The van der Waals surface area contributed by atoms with Gasteiger partial charge in [0.15, 0.2) is 5.82 Å². The van der Waals surface area contributed by atoms with Crippen LogP contribution in [0.3, 0.4) is 0 Å². The first-order valence-electron chi connectivity index (χ1n) is 6.49. The molecule has 1 aliphatic carbocycles. The van der Waals surface area contributed by atoms with Crippen LogP contribution in [0.25, 0.3) is 11.4 Å². The van der Waals surface area contributed by atoms with Gasteiger partial charge >= 0.3 is 0 Å². The topological polar surface area (TPSA) is 51.8 Å². The second-order valence-electron chi connectivity index (χ2n) is 4.84. The van der Waals surface area contributed by atoms with Gasteiger partial charge in [0.25, 0.3) is 0 Å². The van der Waals surface area contributed by atoms with E-state index in [1.54, 1.807) is 0 Å². The Hall–Kier alpha value is -1.74. The minimum atomic E-state index is 0.552. The number of aromatic nitrogens is 2. The number of benzene rings is 1. The fourth-order valence-corrected chi connectivity index (χ4v) is 2.28. The number of hydrogen-bond donors (Lipinski definition) is 1. The molecule has 92 valence electrons. The van der Waals surface area contributed by atoms with Gasteiger partial charge in [0, 0.05) is 29.9 Å². The first-order valence-corrected chi connectivity index (χ1v) is 6.49. The minimum Gasteiger partial charge on any atom is -0.326 e. The molecule has 0 amide bonds. The molecular weight excluding hydrogens is 222 g/mol. The smallest absolute Gasteiger partial charge is 0.159 e. The quantitative estimate of drug-likeness (QED) is 0.896. The van der Waals surface area contributed by atoms with Crippen molar-refractivity contribution in [2.24, 2.45) is 5.73 Å². The van der Waals surface area contributed by atoms with E-state index in [1.165, 1.54) is 25.0 Å². The molecule has 0 bridgehead atoms. The van der Waals surface area contributed by atoms with Crippen molar-refractivity contribution in [2.45, 2.75) is 31.7 Å². The molecule has 1 fully saturated rings. The molecule has 1 heterocycles. The third-order valence-electron chi connectivity index (χ3n) is 3.62. The van der Waals surface area contributed by atoms with E-state index in [4.69, 9.17) is 5.73 Å². The SMILES string of the molecule is NCc1cccc(-c2nccc(C3CCC3)n2)c1. The second kappa shape index (κ2) is 4.86. The molecule has 3 rings (SSSR count). The molecule has 0 saturated heterocycles. The lowest BCUT2D eigenvalue weighted by atomic mass is 9.83. The molecule has 0 unspecified atom stereocenters. The summed E-state index contributed by atoms with van der Waals surface area (Å²) in [6, 6.07) is 10.2. The van der Waals surface area contributed by atoms with Crippen LogP contribution in [0.4, 0.5) is 0 Å². The highest BCUT2D eigenvalue weighted by Gasteiger charge is 2.21. The van der Waals surface area contributed by atoms with Gasteiger partial charge in [-0.1, -0.05) is 24.6 Å². The Morgan fingerprint density at radius 2 is 2.11 bits per heavy atom. The zero-order chi connectivity index (χ0) is 12.4. The average Bonchev–Trinajstić information content (AvgIpc) is 2.37. The van der Waals surface area contributed by atoms with Crippen LogP contribution in [0.1, 0.15) is 36.4 Å². The fraction of sp³-hybridized carbons (Fsp3) is 0.333. The summed E-state index contributed by atoms with van der Waals surface area (Å²) >= 11 is 0. The highest BCUT2D eigenvalue weighted by molar-refractivity contribution is 5.56. The van der Waals surface area contributed by atoms with Gasteiger partial charge in [0.1, 0.15) is 0 Å². The van der Waals surface area contributed by atoms with E-state index in [-0.39, 0.29) is 0 Å². The van der Waals surface area contributed by atoms with Crippen LogP contribution in [0.5, 0.6) is 0 Å². The maximum Gasteiger partial charge on any atom is 0.159 e. The van der Waals surface area contributed by atoms with Crippen molar-refractivity contribution >= 4 is 0 Å². The third-order valence-corrected chi connectivity index (χ3v) is 3.62. The Kier molecular flexibility index (Phi) is 3.07. The summed E-state index contributed by atoms with van der Waals surface area (Å²) in [5.41, 5.74) is 9.02. The number of hydrogen-bond acceptors (Lipinski definition) is 3. The third kappa shape index (κ3) is 2.14. The van der Waals surface area contributed by atoms with Crippen LogP contribution in [-0.4, -0.2) is 9.97 Å². The Bertz CT molecular complexity index is 547. The number of rotatable bonds is 3. The van der Waals surface area contributed by atoms with E-state index in [0.717, 1.165) is 17.0 Å². The number of nitrogens with two attached hydrogens (primary N) is 1. The van der Waals surface area contributed by atoms with Crippen LogP contribution < -0.4 is 5.73 Å². The van der Waals surface area contributed by atoms with Gasteiger partial charge in [-0.15, -0.1) is 0 Å². The maximum absolute atomic E-state index is 5.66. The van der Waals surface area contributed by atoms with Crippen molar-refractivity contribution in [1.29, 1.82) is 0 Å². The molecule has 2 N–H and O–H groups in total. The van der Waals surface area contributed by atoms with Crippen molar-refractivity contribution in [3.05, 3.63) is 47.8 Å². The molecule has 0 spiro atoms. The average molecular weight is 239 g/mol. The largest absolute Gasteiger partial charge is 0.326 e. The molecule has 0 atom stereocenters. The van der Waals surface area contributed by atoms with E-state index in [9.17, 15) is 0 Å². The molecule has 1 aromatic carbocycles. The molecule has 0 radical (unpaired) electrons. The Labute approximate surface area is 107 Å². The van der Waals surface area contributed by atoms with Crippen molar-refractivity contribution in [3.63, 3.8) is 0 Å². The van der Waals surface area contributed by atoms with Crippen molar-refractivity contribution in [1.82, 2.24) is 9.97 Å². The zero-order valence-corrected chi connectivity index (χ0v) is 10.3. The Morgan fingerprint density at radius 1 is 1.22 bits per heavy atom. The van der Waals surface area contributed by atoms with Gasteiger partial charge in [-0.2, -0.15) is 0 Å². The monoisotopic (exact) mass is 239 g/mol. The lowest BCUT2D eigenvalue weighted by Gasteiger charge is -2.24. The molecule has 1 aromatic heterocycles.